The Hall–Kier alpha value is -2.22. The van der Waals surface area contributed by atoms with E-state index in [2.05, 4.69) is 10.0 Å². The molecule has 0 saturated carbocycles. The molecule has 3 aromatic rings. The van der Waals surface area contributed by atoms with Gasteiger partial charge in [0.25, 0.3) is 5.91 Å². The first kappa shape index (κ1) is 20.1. The van der Waals surface area contributed by atoms with E-state index in [9.17, 15) is 13.2 Å². The predicted molar refractivity (Wildman–Crippen MR) is 116 cm³/mol. The van der Waals surface area contributed by atoms with E-state index >= 15 is 0 Å². The van der Waals surface area contributed by atoms with Crippen LogP contribution >= 0.6 is 23.2 Å². The van der Waals surface area contributed by atoms with Crippen molar-refractivity contribution in [3.05, 3.63) is 57.3 Å². The van der Waals surface area contributed by atoms with Crippen molar-refractivity contribution in [2.75, 3.05) is 16.3 Å². The minimum Gasteiger partial charge on any atom is -0.459 e. The number of hydrogen-bond donors (Lipinski definition) is 2. The van der Waals surface area contributed by atoms with Gasteiger partial charge < -0.3 is 9.73 Å². The van der Waals surface area contributed by atoms with Crippen LogP contribution in [0.1, 0.15) is 34.5 Å². The summed E-state index contributed by atoms with van der Waals surface area (Å²) < 4.78 is 31.4. The van der Waals surface area contributed by atoms with Gasteiger partial charge in [0.2, 0.25) is 10.0 Å². The summed E-state index contributed by atoms with van der Waals surface area (Å²) in [6, 6.07) is 8.41. The first-order valence-corrected chi connectivity index (χ1v) is 11.7. The van der Waals surface area contributed by atoms with Crippen LogP contribution in [0.5, 0.6) is 0 Å². The number of carbonyl (C=O) groups is 1. The van der Waals surface area contributed by atoms with E-state index in [1.54, 1.807) is 6.07 Å². The smallest absolute Gasteiger partial charge is 0.258 e. The lowest BCUT2D eigenvalue weighted by molar-refractivity contribution is 0.102. The highest BCUT2D eigenvalue weighted by atomic mass is 35.5. The lowest BCUT2D eigenvalue weighted by atomic mass is 9.96. The van der Waals surface area contributed by atoms with Gasteiger partial charge in [-0.2, -0.15) is 0 Å². The number of rotatable bonds is 4. The standard InChI is InChI=1S/C20H18Cl2N2O4S/c1-29(26,27)24-14-10-9-13(21)17(18(14)22)20(25)23-15-7-4-6-12-11-5-2-3-8-16(11)28-19(12)15/h4,6-7,9-10,24H,2-3,5,8H2,1H3,(H,23,25). The van der Waals surface area contributed by atoms with Gasteiger partial charge in [-0.05, 0) is 37.5 Å². The van der Waals surface area contributed by atoms with Crippen LogP contribution in [0.4, 0.5) is 11.4 Å². The zero-order chi connectivity index (χ0) is 20.8. The van der Waals surface area contributed by atoms with Gasteiger partial charge in [-0.15, -0.1) is 0 Å². The quantitative estimate of drug-likeness (QED) is 0.566. The Labute approximate surface area is 178 Å². The molecule has 2 N–H and O–H groups in total. The molecule has 2 aromatic carbocycles. The highest BCUT2D eigenvalue weighted by molar-refractivity contribution is 7.92. The van der Waals surface area contributed by atoms with E-state index in [-0.39, 0.29) is 21.3 Å². The molecule has 6 nitrogen and oxygen atoms in total. The van der Waals surface area contributed by atoms with Gasteiger partial charge in [-0.25, -0.2) is 8.42 Å². The topological polar surface area (TPSA) is 88.4 Å². The molecule has 1 aromatic heterocycles. The maximum absolute atomic E-state index is 13.0. The Morgan fingerprint density at radius 2 is 1.83 bits per heavy atom. The molecule has 1 amide bonds. The molecule has 0 spiro atoms. The van der Waals surface area contributed by atoms with Gasteiger partial charge in [0, 0.05) is 17.4 Å². The second-order valence-corrected chi connectivity index (χ2v) is 9.54. The highest BCUT2D eigenvalue weighted by Crippen LogP contribution is 2.37. The maximum Gasteiger partial charge on any atom is 0.258 e. The van der Waals surface area contributed by atoms with Crippen LogP contribution in [-0.4, -0.2) is 20.6 Å². The van der Waals surface area contributed by atoms with E-state index < -0.39 is 15.9 Å². The zero-order valence-corrected chi connectivity index (χ0v) is 17.8. The van der Waals surface area contributed by atoms with Crippen molar-refractivity contribution in [2.45, 2.75) is 25.7 Å². The van der Waals surface area contributed by atoms with E-state index in [0.29, 0.717) is 11.3 Å². The Morgan fingerprint density at radius 3 is 2.59 bits per heavy atom. The van der Waals surface area contributed by atoms with Crippen LogP contribution in [0.2, 0.25) is 10.0 Å². The molecule has 0 bridgehead atoms. The number of anilines is 2. The Morgan fingerprint density at radius 1 is 1.07 bits per heavy atom. The molecule has 0 unspecified atom stereocenters. The third-order valence-corrected chi connectivity index (χ3v) is 6.14. The van der Waals surface area contributed by atoms with E-state index in [0.717, 1.165) is 43.1 Å². The summed E-state index contributed by atoms with van der Waals surface area (Å²) in [6.45, 7) is 0. The number of carbonyl (C=O) groups excluding carboxylic acids is 1. The number of furan rings is 1. The summed E-state index contributed by atoms with van der Waals surface area (Å²) in [5.74, 6) is 0.405. The number of amides is 1. The largest absolute Gasteiger partial charge is 0.459 e. The van der Waals surface area contributed by atoms with Crippen molar-refractivity contribution in [1.82, 2.24) is 0 Å². The third-order valence-electron chi connectivity index (χ3n) is 4.84. The second-order valence-electron chi connectivity index (χ2n) is 7.01. The minimum absolute atomic E-state index is 0.0182. The minimum atomic E-state index is -3.57. The van der Waals surface area contributed by atoms with Crippen molar-refractivity contribution in [2.24, 2.45) is 0 Å². The molecular formula is C20H18Cl2N2O4S. The number of benzene rings is 2. The normalized spacial score (nSPS) is 13.9. The van der Waals surface area contributed by atoms with E-state index in [1.165, 1.54) is 17.7 Å². The van der Waals surface area contributed by atoms with Crippen LogP contribution in [0.25, 0.3) is 11.0 Å². The third kappa shape index (κ3) is 3.95. The van der Waals surface area contributed by atoms with Gasteiger partial charge in [-0.3, -0.25) is 9.52 Å². The fourth-order valence-corrected chi connectivity index (χ4v) is 4.82. The number of hydrogen-bond acceptors (Lipinski definition) is 4. The Bertz CT molecular complexity index is 1230. The number of nitrogens with one attached hydrogen (secondary N) is 2. The lowest BCUT2D eigenvalue weighted by Crippen LogP contribution is -2.15. The summed E-state index contributed by atoms with van der Waals surface area (Å²) in [6.07, 6.45) is 5.03. The molecule has 1 heterocycles. The fraction of sp³-hybridized carbons (Fsp3) is 0.250. The second kappa shape index (κ2) is 7.55. The van der Waals surface area contributed by atoms with Crippen molar-refractivity contribution in [3.63, 3.8) is 0 Å². The van der Waals surface area contributed by atoms with E-state index in [1.807, 2.05) is 12.1 Å². The molecule has 1 aliphatic carbocycles. The van der Waals surface area contributed by atoms with Crippen molar-refractivity contribution in [1.29, 1.82) is 0 Å². The van der Waals surface area contributed by atoms with Crippen molar-refractivity contribution < 1.29 is 17.6 Å². The average Bonchev–Trinajstić information content (AvgIpc) is 3.03. The molecule has 0 fully saturated rings. The summed E-state index contributed by atoms with van der Waals surface area (Å²) in [5.41, 5.74) is 2.38. The molecule has 152 valence electrons. The number of para-hydroxylation sites is 1. The summed E-state index contributed by atoms with van der Waals surface area (Å²) >= 11 is 12.5. The first-order valence-electron chi connectivity index (χ1n) is 9.05. The molecule has 9 heteroatoms. The van der Waals surface area contributed by atoms with Crippen molar-refractivity contribution >= 4 is 61.5 Å². The van der Waals surface area contributed by atoms with Gasteiger partial charge in [0.05, 0.1) is 33.2 Å². The predicted octanol–water partition coefficient (Wildman–Crippen LogP) is 5.24. The number of aryl methyl sites for hydroxylation is 2. The molecule has 29 heavy (non-hydrogen) atoms. The van der Waals surface area contributed by atoms with Gasteiger partial charge in [0.1, 0.15) is 5.76 Å². The van der Waals surface area contributed by atoms with Crippen molar-refractivity contribution in [3.8, 4) is 0 Å². The molecule has 0 aliphatic heterocycles. The molecular weight excluding hydrogens is 435 g/mol. The van der Waals surface area contributed by atoms with Crippen LogP contribution in [-0.2, 0) is 22.9 Å². The molecule has 4 rings (SSSR count). The van der Waals surface area contributed by atoms with Crippen LogP contribution in [0.3, 0.4) is 0 Å². The average molecular weight is 453 g/mol. The van der Waals surface area contributed by atoms with Gasteiger partial charge in [0.15, 0.2) is 5.58 Å². The number of fused-ring (bicyclic) bond motifs is 3. The Kier molecular flexibility index (Phi) is 5.23. The maximum atomic E-state index is 13.0. The first-order chi connectivity index (χ1) is 13.7. The van der Waals surface area contributed by atoms with Gasteiger partial charge in [-0.1, -0.05) is 35.3 Å². The SMILES string of the molecule is CS(=O)(=O)Nc1ccc(Cl)c(C(=O)Nc2cccc3c4c(oc23)CCCC4)c1Cl. The number of sulfonamides is 1. The Balaban J connectivity index is 1.72. The molecule has 0 saturated heterocycles. The van der Waals surface area contributed by atoms with Crippen LogP contribution in [0.15, 0.2) is 34.7 Å². The summed E-state index contributed by atoms with van der Waals surface area (Å²) in [5, 5.41) is 3.82. The molecule has 1 aliphatic rings. The number of halogens is 2. The van der Waals surface area contributed by atoms with E-state index in [4.69, 9.17) is 27.6 Å². The highest BCUT2D eigenvalue weighted by Gasteiger charge is 2.23. The molecule has 0 radical (unpaired) electrons. The zero-order valence-electron chi connectivity index (χ0n) is 15.5. The molecule has 0 atom stereocenters. The van der Waals surface area contributed by atoms with Crippen LogP contribution in [0, 0.1) is 0 Å². The van der Waals surface area contributed by atoms with Crippen LogP contribution < -0.4 is 10.0 Å². The summed E-state index contributed by atoms with van der Waals surface area (Å²) in [4.78, 5) is 13.0. The fourth-order valence-electron chi connectivity index (χ4n) is 3.61. The summed E-state index contributed by atoms with van der Waals surface area (Å²) in [7, 11) is -3.57. The lowest BCUT2D eigenvalue weighted by Gasteiger charge is -2.13. The monoisotopic (exact) mass is 452 g/mol. The van der Waals surface area contributed by atoms with Gasteiger partial charge >= 0.3 is 0 Å².